The molecular formula is C16H23NO2. The zero-order chi connectivity index (χ0) is 14.4. The van der Waals surface area contributed by atoms with Crippen LogP contribution < -0.4 is 0 Å². The van der Waals surface area contributed by atoms with E-state index < -0.39 is 6.10 Å². The Morgan fingerprint density at radius 1 is 1.16 bits per heavy atom. The first kappa shape index (κ1) is 15.4. The maximum Gasteiger partial charge on any atom is 0.252 e. The predicted octanol–water partition coefficient (Wildman–Crippen LogP) is 2.92. The number of carbonyl (C=O) groups is 1. The summed E-state index contributed by atoms with van der Waals surface area (Å²) in [5, 5.41) is 10.5. The molecule has 3 heteroatoms. The molecule has 0 aliphatic rings. The maximum atomic E-state index is 12.5. The number of amides is 1. The summed E-state index contributed by atoms with van der Waals surface area (Å²) in [6.07, 6.45) is -0.862. The van der Waals surface area contributed by atoms with Crippen LogP contribution in [-0.4, -0.2) is 29.0 Å². The number of carbonyl (C=O) groups excluding carboxylic acids is 1. The van der Waals surface area contributed by atoms with Gasteiger partial charge in [0, 0.05) is 18.7 Å². The van der Waals surface area contributed by atoms with Crippen LogP contribution in [0.4, 0.5) is 0 Å². The lowest BCUT2D eigenvalue weighted by Crippen LogP contribution is -2.34. The topological polar surface area (TPSA) is 40.5 Å². The second-order valence-corrected chi connectivity index (χ2v) is 4.70. The summed E-state index contributed by atoms with van der Waals surface area (Å²) in [5.74, 6) is -0.0821. The van der Waals surface area contributed by atoms with Gasteiger partial charge in [-0.05, 0) is 33.3 Å². The molecule has 1 rings (SSSR count). The molecule has 0 aliphatic carbocycles. The van der Waals surface area contributed by atoms with Gasteiger partial charge in [-0.15, -0.1) is 0 Å². The van der Waals surface area contributed by atoms with Crippen LogP contribution in [0.15, 0.2) is 41.5 Å². The van der Waals surface area contributed by atoms with Crippen molar-refractivity contribution < 1.29 is 9.90 Å². The van der Waals surface area contributed by atoms with E-state index in [4.69, 9.17) is 0 Å². The molecule has 3 nitrogen and oxygen atoms in total. The van der Waals surface area contributed by atoms with Crippen LogP contribution >= 0.6 is 0 Å². The Morgan fingerprint density at radius 3 is 2.11 bits per heavy atom. The van der Waals surface area contributed by atoms with Crippen molar-refractivity contribution in [1.29, 1.82) is 0 Å². The third kappa shape index (κ3) is 3.67. The van der Waals surface area contributed by atoms with Crippen LogP contribution in [0.2, 0.25) is 0 Å². The average molecular weight is 261 g/mol. The van der Waals surface area contributed by atoms with Crippen LogP contribution in [0, 0.1) is 0 Å². The molecule has 1 atom stereocenters. The standard InChI is InChI=1S/C16H23NO2/c1-5-17(6-2)16(19)14(12(3)4)15(18)13-10-8-7-9-11-13/h7-11,15,18H,5-6H2,1-4H3. The summed E-state index contributed by atoms with van der Waals surface area (Å²) in [7, 11) is 0. The number of aliphatic hydroxyl groups excluding tert-OH is 1. The van der Waals surface area contributed by atoms with E-state index in [0.717, 1.165) is 11.1 Å². The van der Waals surface area contributed by atoms with Crippen LogP contribution in [0.5, 0.6) is 0 Å². The molecule has 1 amide bonds. The van der Waals surface area contributed by atoms with Gasteiger partial charge < -0.3 is 10.0 Å². The monoisotopic (exact) mass is 261 g/mol. The van der Waals surface area contributed by atoms with Crippen LogP contribution in [0.3, 0.4) is 0 Å². The van der Waals surface area contributed by atoms with Crippen LogP contribution in [0.25, 0.3) is 0 Å². The van der Waals surface area contributed by atoms with Gasteiger partial charge in [-0.2, -0.15) is 0 Å². The second-order valence-electron chi connectivity index (χ2n) is 4.70. The molecule has 1 unspecified atom stereocenters. The highest BCUT2D eigenvalue weighted by Crippen LogP contribution is 2.25. The quantitative estimate of drug-likeness (QED) is 0.828. The number of nitrogens with zero attached hydrogens (tertiary/aromatic N) is 1. The van der Waals surface area contributed by atoms with Crippen molar-refractivity contribution in [2.75, 3.05) is 13.1 Å². The van der Waals surface area contributed by atoms with Crippen molar-refractivity contribution >= 4 is 5.91 Å². The highest BCUT2D eigenvalue weighted by atomic mass is 16.3. The Balaban J connectivity index is 3.10. The molecule has 0 saturated heterocycles. The fourth-order valence-corrected chi connectivity index (χ4v) is 2.09. The number of benzene rings is 1. The number of allylic oxidation sites excluding steroid dienone is 1. The summed E-state index contributed by atoms with van der Waals surface area (Å²) < 4.78 is 0. The summed E-state index contributed by atoms with van der Waals surface area (Å²) in [5.41, 5.74) is 2.09. The lowest BCUT2D eigenvalue weighted by atomic mass is 9.97. The van der Waals surface area contributed by atoms with Gasteiger partial charge in [-0.3, -0.25) is 4.79 Å². The highest BCUT2D eigenvalue weighted by molar-refractivity contribution is 5.95. The van der Waals surface area contributed by atoms with E-state index in [1.54, 1.807) is 4.90 Å². The van der Waals surface area contributed by atoms with Crippen molar-refractivity contribution in [3.05, 3.63) is 47.0 Å². The number of aliphatic hydroxyl groups is 1. The number of likely N-dealkylation sites (N-methyl/N-ethyl adjacent to an activating group) is 1. The van der Waals surface area contributed by atoms with Crippen LogP contribution in [-0.2, 0) is 4.79 Å². The van der Waals surface area contributed by atoms with Crippen molar-refractivity contribution in [3.8, 4) is 0 Å². The minimum absolute atomic E-state index is 0.0821. The van der Waals surface area contributed by atoms with Gasteiger partial charge in [0.1, 0.15) is 6.10 Å². The first-order valence-electron chi connectivity index (χ1n) is 6.72. The lowest BCUT2D eigenvalue weighted by molar-refractivity contribution is -0.127. The zero-order valence-electron chi connectivity index (χ0n) is 12.2. The van der Waals surface area contributed by atoms with Gasteiger partial charge in [0.15, 0.2) is 0 Å². The molecule has 0 bridgehead atoms. The van der Waals surface area contributed by atoms with E-state index >= 15 is 0 Å². The molecule has 1 aromatic rings. The van der Waals surface area contributed by atoms with Crippen LogP contribution in [0.1, 0.15) is 39.4 Å². The van der Waals surface area contributed by atoms with E-state index in [0.29, 0.717) is 18.7 Å². The summed E-state index contributed by atoms with van der Waals surface area (Å²) in [6.45, 7) is 8.91. The Kier molecular flexibility index (Phi) is 5.77. The lowest BCUT2D eigenvalue weighted by Gasteiger charge is -2.24. The third-order valence-corrected chi connectivity index (χ3v) is 3.21. The SMILES string of the molecule is CCN(CC)C(=O)C(=C(C)C)C(O)c1ccccc1. The fourth-order valence-electron chi connectivity index (χ4n) is 2.09. The number of hydrogen-bond acceptors (Lipinski definition) is 2. The Hall–Kier alpha value is -1.61. The largest absolute Gasteiger partial charge is 0.383 e. The average Bonchev–Trinajstić information content (AvgIpc) is 2.40. The molecule has 0 fully saturated rings. The molecule has 0 spiro atoms. The van der Waals surface area contributed by atoms with Gasteiger partial charge in [0.05, 0.1) is 0 Å². The summed E-state index contributed by atoms with van der Waals surface area (Å²) in [4.78, 5) is 14.2. The fraction of sp³-hybridized carbons (Fsp3) is 0.438. The minimum Gasteiger partial charge on any atom is -0.383 e. The predicted molar refractivity (Wildman–Crippen MR) is 77.7 cm³/mol. The van der Waals surface area contributed by atoms with Gasteiger partial charge in [-0.1, -0.05) is 35.9 Å². The van der Waals surface area contributed by atoms with Crippen molar-refractivity contribution in [2.24, 2.45) is 0 Å². The number of rotatable bonds is 5. The molecule has 0 aliphatic heterocycles. The number of hydrogen-bond donors (Lipinski definition) is 1. The van der Waals surface area contributed by atoms with E-state index in [9.17, 15) is 9.90 Å². The molecule has 1 N–H and O–H groups in total. The summed E-state index contributed by atoms with van der Waals surface area (Å²) >= 11 is 0. The minimum atomic E-state index is -0.862. The highest BCUT2D eigenvalue weighted by Gasteiger charge is 2.24. The van der Waals surface area contributed by atoms with E-state index in [1.165, 1.54) is 0 Å². The van der Waals surface area contributed by atoms with Gasteiger partial charge in [0.2, 0.25) is 0 Å². The van der Waals surface area contributed by atoms with Gasteiger partial charge in [-0.25, -0.2) is 0 Å². The van der Waals surface area contributed by atoms with E-state index in [2.05, 4.69) is 0 Å². The third-order valence-electron chi connectivity index (χ3n) is 3.21. The van der Waals surface area contributed by atoms with Gasteiger partial charge in [0.25, 0.3) is 5.91 Å². The smallest absolute Gasteiger partial charge is 0.252 e. The molecule has 0 aromatic heterocycles. The Bertz CT molecular complexity index is 443. The molecular weight excluding hydrogens is 238 g/mol. The Labute approximate surface area is 115 Å². The molecule has 104 valence electrons. The first-order chi connectivity index (χ1) is 9.02. The first-order valence-corrected chi connectivity index (χ1v) is 6.72. The zero-order valence-corrected chi connectivity index (χ0v) is 12.2. The van der Waals surface area contributed by atoms with Crippen molar-refractivity contribution in [2.45, 2.75) is 33.8 Å². The van der Waals surface area contributed by atoms with Gasteiger partial charge >= 0.3 is 0 Å². The Morgan fingerprint density at radius 2 is 1.68 bits per heavy atom. The molecule has 0 saturated carbocycles. The molecule has 0 heterocycles. The maximum absolute atomic E-state index is 12.5. The molecule has 1 aromatic carbocycles. The van der Waals surface area contributed by atoms with E-state index in [-0.39, 0.29) is 5.91 Å². The molecule has 19 heavy (non-hydrogen) atoms. The summed E-state index contributed by atoms with van der Waals surface area (Å²) in [6, 6.07) is 9.29. The van der Waals surface area contributed by atoms with Crippen molar-refractivity contribution in [1.82, 2.24) is 4.90 Å². The van der Waals surface area contributed by atoms with E-state index in [1.807, 2.05) is 58.0 Å². The molecule has 0 radical (unpaired) electrons. The second kappa shape index (κ2) is 7.10. The normalized spacial score (nSPS) is 11.8. The van der Waals surface area contributed by atoms with Crippen molar-refractivity contribution in [3.63, 3.8) is 0 Å².